The summed E-state index contributed by atoms with van der Waals surface area (Å²) in [4.78, 5) is 14.6. The van der Waals surface area contributed by atoms with Crippen molar-refractivity contribution >= 4 is 22.5 Å². The van der Waals surface area contributed by atoms with Crippen LogP contribution in [-0.4, -0.2) is 49.2 Å². The van der Waals surface area contributed by atoms with Crippen LogP contribution in [0.25, 0.3) is 10.9 Å². The molecule has 152 valence electrons. The quantitative estimate of drug-likeness (QED) is 0.872. The topological polar surface area (TPSA) is 46.5 Å². The Labute approximate surface area is 168 Å². The highest BCUT2D eigenvalue weighted by atomic mass is 16.5. The number of nitrogens with zero attached hydrogens (tertiary/aromatic N) is 2. The van der Waals surface area contributed by atoms with Gasteiger partial charge in [0.25, 0.3) is 5.91 Å². The number of benzene rings is 1. The number of fused-ring (bicyclic) bond motifs is 3. The Morgan fingerprint density at radius 2 is 2.00 bits per heavy atom. The molecule has 2 aromatic rings. The van der Waals surface area contributed by atoms with Crippen LogP contribution in [0.3, 0.4) is 0 Å². The maximum absolute atomic E-state index is 12.9. The zero-order valence-electron chi connectivity index (χ0n) is 17.7. The van der Waals surface area contributed by atoms with Crippen molar-refractivity contribution in [1.29, 1.82) is 0 Å². The Balaban J connectivity index is 1.78. The number of ether oxygens (including phenoxy) is 1. The molecule has 1 atom stereocenters. The lowest BCUT2D eigenvalue weighted by Gasteiger charge is -2.33. The van der Waals surface area contributed by atoms with E-state index in [-0.39, 0.29) is 5.91 Å². The Morgan fingerprint density at radius 1 is 1.25 bits per heavy atom. The van der Waals surface area contributed by atoms with Crippen molar-refractivity contribution in [3.63, 3.8) is 0 Å². The highest BCUT2D eigenvalue weighted by Crippen LogP contribution is 2.41. The molecule has 0 saturated carbocycles. The second-order valence-corrected chi connectivity index (χ2v) is 8.43. The van der Waals surface area contributed by atoms with Crippen molar-refractivity contribution in [2.45, 2.75) is 39.0 Å². The van der Waals surface area contributed by atoms with Gasteiger partial charge in [-0.2, -0.15) is 0 Å². The van der Waals surface area contributed by atoms with Crippen LogP contribution in [0.1, 0.15) is 47.8 Å². The molecule has 1 N–H and O–H groups in total. The lowest BCUT2D eigenvalue weighted by molar-refractivity contribution is 0.0439. The maximum atomic E-state index is 12.9. The first-order chi connectivity index (χ1) is 13.5. The summed E-state index contributed by atoms with van der Waals surface area (Å²) in [6, 6.07) is 4.15. The van der Waals surface area contributed by atoms with Crippen molar-refractivity contribution in [3.8, 4) is 0 Å². The number of aryl methyl sites for hydroxylation is 1. The predicted octanol–water partition coefficient (Wildman–Crippen LogP) is 3.84. The van der Waals surface area contributed by atoms with Gasteiger partial charge in [0, 0.05) is 57.5 Å². The molecule has 1 aromatic heterocycles. The minimum Gasteiger partial charge on any atom is -0.386 e. The van der Waals surface area contributed by atoms with E-state index in [9.17, 15) is 4.79 Å². The minimum absolute atomic E-state index is 0.0929. The second kappa shape index (κ2) is 7.78. The van der Waals surface area contributed by atoms with Crippen molar-refractivity contribution in [2.75, 3.05) is 39.2 Å². The molecule has 0 spiro atoms. The van der Waals surface area contributed by atoms with Crippen LogP contribution in [-0.2, 0) is 24.6 Å². The average Bonchev–Trinajstić information content (AvgIpc) is 3.04. The SMILES string of the molecule is CCN(C)C(=O)c1cc(NC)c2c(c1)c1c(n2C)CCC(C2CCOCC2)C1. The first kappa shape index (κ1) is 19.3. The van der Waals surface area contributed by atoms with Gasteiger partial charge in [-0.05, 0) is 68.6 Å². The Bertz CT molecular complexity index is 880. The van der Waals surface area contributed by atoms with Crippen LogP contribution in [0.15, 0.2) is 12.1 Å². The third-order valence-electron chi connectivity index (χ3n) is 7.01. The van der Waals surface area contributed by atoms with Gasteiger partial charge in [0.1, 0.15) is 0 Å². The molecule has 1 amide bonds. The molecular weight excluding hydrogens is 350 g/mol. The van der Waals surface area contributed by atoms with Crippen molar-refractivity contribution in [2.24, 2.45) is 18.9 Å². The lowest BCUT2D eigenvalue weighted by atomic mass is 9.75. The minimum atomic E-state index is 0.0929. The summed E-state index contributed by atoms with van der Waals surface area (Å²) < 4.78 is 7.94. The molecular formula is C23H33N3O2. The summed E-state index contributed by atoms with van der Waals surface area (Å²) in [5.41, 5.74) is 5.97. The Morgan fingerprint density at radius 3 is 2.68 bits per heavy atom. The number of carbonyl (C=O) groups excluding carboxylic acids is 1. The van der Waals surface area contributed by atoms with E-state index in [4.69, 9.17) is 4.74 Å². The van der Waals surface area contributed by atoms with Gasteiger partial charge in [-0.25, -0.2) is 0 Å². The summed E-state index contributed by atoms with van der Waals surface area (Å²) in [5, 5.41) is 4.60. The monoisotopic (exact) mass is 383 g/mol. The lowest BCUT2D eigenvalue weighted by Crippen LogP contribution is -2.28. The van der Waals surface area contributed by atoms with Crippen molar-refractivity contribution in [3.05, 3.63) is 29.0 Å². The fraction of sp³-hybridized carbons (Fsp3) is 0.609. The number of anilines is 1. The third kappa shape index (κ3) is 3.20. The van der Waals surface area contributed by atoms with Gasteiger partial charge in [-0.1, -0.05) is 0 Å². The molecule has 1 unspecified atom stereocenters. The summed E-state index contributed by atoms with van der Waals surface area (Å²) in [7, 11) is 5.99. The highest BCUT2D eigenvalue weighted by Gasteiger charge is 2.31. The number of hydrogen-bond donors (Lipinski definition) is 1. The zero-order valence-corrected chi connectivity index (χ0v) is 17.7. The van der Waals surface area contributed by atoms with Crippen LogP contribution in [0, 0.1) is 11.8 Å². The van der Waals surface area contributed by atoms with Gasteiger partial charge < -0.3 is 19.5 Å². The van der Waals surface area contributed by atoms with E-state index < -0.39 is 0 Å². The summed E-state index contributed by atoms with van der Waals surface area (Å²) in [6.45, 7) is 4.55. The number of nitrogens with one attached hydrogen (secondary N) is 1. The van der Waals surface area contributed by atoms with E-state index in [0.29, 0.717) is 6.54 Å². The average molecular weight is 384 g/mol. The van der Waals surface area contributed by atoms with Crippen molar-refractivity contribution in [1.82, 2.24) is 9.47 Å². The molecule has 1 fully saturated rings. The van der Waals surface area contributed by atoms with E-state index in [1.165, 1.54) is 41.4 Å². The molecule has 5 nitrogen and oxygen atoms in total. The van der Waals surface area contributed by atoms with Crippen molar-refractivity contribution < 1.29 is 9.53 Å². The van der Waals surface area contributed by atoms with E-state index >= 15 is 0 Å². The van der Waals surface area contributed by atoms with Crippen LogP contribution < -0.4 is 5.32 Å². The largest absolute Gasteiger partial charge is 0.386 e. The molecule has 0 radical (unpaired) electrons. The van der Waals surface area contributed by atoms with Crippen LogP contribution in [0.4, 0.5) is 5.69 Å². The molecule has 1 aliphatic carbocycles. The van der Waals surface area contributed by atoms with Gasteiger partial charge >= 0.3 is 0 Å². The highest BCUT2D eigenvalue weighted by molar-refractivity contribution is 6.04. The predicted molar refractivity (Wildman–Crippen MR) is 114 cm³/mol. The molecule has 1 saturated heterocycles. The van der Waals surface area contributed by atoms with E-state index in [1.807, 2.05) is 27.1 Å². The van der Waals surface area contributed by atoms with Gasteiger partial charge in [-0.15, -0.1) is 0 Å². The van der Waals surface area contributed by atoms with Gasteiger partial charge in [0.05, 0.1) is 11.2 Å². The van der Waals surface area contributed by atoms with Gasteiger partial charge in [0.15, 0.2) is 0 Å². The Hall–Kier alpha value is -2.01. The third-order valence-corrected chi connectivity index (χ3v) is 7.01. The van der Waals surface area contributed by atoms with Crippen LogP contribution in [0.5, 0.6) is 0 Å². The molecule has 2 aliphatic rings. The van der Waals surface area contributed by atoms with Gasteiger partial charge in [0.2, 0.25) is 0 Å². The molecule has 1 aliphatic heterocycles. The number of aromatic nitrogens is 1. The fourth-order valence-corrected chi connectivity index (χ4v) is 5.22. The summed E-state index contributed by atoms with van der Waals surface area (Å²) in [6.07, 6.45) is 5.90. The normalized spacial score (nSPS) is 20.2. The summed E-state index contributed by atoms with van der Waals surface area (Å²) >= 11 is 0. The molecule has 4 rings (SSSR count). The smallest absolute Gasteiger partial charge is 0.253 e. The van der Waals surface area contributed by atoms with Crippen LogP contribution in [0.2, 0.25) is 0 Å². The summed E-state index contributed by atoms with van der Waals surface area (Å²) in [5.74, 6) is 1.60. The molecule has 1 aromatic carbocycles. The molecule has 2 heterocycles. The second-order valence-electron chi connectivity index (χ2n) is 8.43. The number of carbonyl (C=O) groups is 1. The van der Waals surface area contributed by atoms with Gasteiger partial charge in [-0.3, -0.25) is 4.79 Å². The zero-order chi connectivity index (χ0) is 19.8. The fourth-order valence-electron chi connectivity index (χ4n) is 5.22. The number of hydrogen-bond acceptors (Lipinski definition) is 3. The molecule has 5 heteroatoms. The number of amides is 1. The standard InChI is InChI=1S/C23H33N3O2/c1-5-25(3)23(27)17-13-19-18-12-16(15-8-10-28-11-9-15)6-7-21(18)26(4)22(19)20(14-17)24-2/h13-16,24H,5-12H2,1-4H3. The van der Waals surface area contributed by atoms with E-state index in [0.717, 1.165) is 49.1 Å². The first-order valence-electron chi connectivity index (χ1n) is 10.7. The van der Waals surface area contributed by atoms with E-state index in [2.05, 4.69) is 23.0 Å². The molecule has 0 bridgehead atoms. The van der Waals surface area contributed by atoms with Crippen LogP contribution >= 0.6 is 0 Å². The Kier molecular flexibility index (Phi) is 5.37. The molecule has 28 heavy (non-hydrogen) atoms. The maximum Gasteiger partial charge on any atom is 0.253 e. The van der Waals surface area contributed by atoms with E-state index in [1.54, 1.807) is 4.90 Å². The number of rotatable bonds is 4. The first-order valence-corrected chi connectivity index (χ1v) is 10.7.